The fraction of sp³-hybridized carbons (Fsp3) is 0.294. The summed E-state index contributed by atoms with van der Waals surface area (Å²) in [6, 6.07) is 8.50. The smallest absolute Gasteiger partial charge is 0.340 e. The number of aromatic amines is 1. The lowest BCUT2D eigenvalue weighted by Crippen LogP contribution is -2.33. The Morgan fingerprint density at radius 3 is 2.74 bits per heavy atom. The third-order valence-electron chi connectivity index (χ3n) is 3.71. The number of imidazole rings is 1. The predicted molar refractivity (Wildman–Crippen MR) is 91.6 cm³/mol. The van der Waals surface area contributed by atoms with Gasteiger partial charge < -0.3 is 9.72 Å². The summed E-state index contributed by atoms with van der Waals surface area (Å²) < 4.78 is 67.9. The summed E-state index contributed by atoms with van der Waals surface area (Å²) in [5.74, 6) is -4.31. The number of aryl methyl sites for hydroxylation is 1. The molecule has 1 aromatic carbocycles. The van der Waals surface area contributed by atoms with E-state index >= 15 is 0 Å². The molecule has 3 rings (SSSR count). The van der Waals surface area contributed by atoms with Gasteiger partial charge in [0.1, 0.15) is 5.75 Å². The first-order valence-electron chi connectivity index (χ1n) is 7.83. The van der Waals surface area contributed by atoms with Crippen molar-refractivity contribution < 1.29 is 26.5 Å². The third kappa shape index (κ3) is 4.44. The molecule has 10 heteroatoms. The maximum atomic E-state index is 13.0. The number of aromatic nitrogens is 3. The molecule has 2 aromatic heterocycles. The van der Waals surface area contributed by atoms with Crippen molar-refractivity contribution in [3.63, 3.8) is 0 Å². The number of hydrogen-bond donors (Lipinski definition) is 1. The highest BCUT2D eigenvalue weighted by molar-refractivity contribution is 7.84. The molecule has 144 valence electrons. The van der Waals surface area contributed by atoms with Crippen molar-refractivity contribution in [3.8, 4) is 5.75 Å². The maximum Gasteiger partial charge on any atom is 0.340 e. The zero-order valence-corrected chi connectivity index (χ0v) is 14.9. The van der Waals surface area contributed by atoms with Crippen molar-refractivity contribution in [2.75, 3.05) is 6.61 Å². The van der Waals surface area contributed by atoms with Crippen LogP contribution in [0.1, 0.15) is 11.3 Å². The zero-order chi connectivity index (χ0) is 19.6. The van der Waals surface area contributed by atoms with Crippen LogP contribution in [0.15, 0.2) is 41.7 Å². The summed E-state index contributed by atoms with van der Waals surface area (Å²) in [6.07, 6.45) is -2.47. The van der Waals surface area contributed by atoms with Gasteiger partial charge in [-0.1, -0.05) is 12.1 Å². The molecule has 0 spiro atoms. The lowest BCUT2D eigenvalue weighted by molar-refractivity contribution is -0.148. The van der Waals surface area contributed by atoms with E-state index in [4.69, 9.17) is 4.74 Å². The fourth-order valence-electron chi connectivity index (χ4n) is 2.26. The van der Waals surface area contributed by atoms with Gasteiger partial charge in [0.25, 0.3) is 0 Å². The quantitative estimate of drug-likeness (QED) is 0.611. The van der Waals surface area contributed by atoms with E-state index in [0.29, 0.717) is 16.8 Å². The minimum absolute atomic E-state index is 0.0121. The normalized spacial score (nSPS) is 13.3. The van der Waals surface area contributed by atoms with Gasteiger partial charge in [0, 0.05) is 17.8 Å². The number of benzene rings is 1. The Kier molecular flexibility index (Phi) is 5.45. The first-order chi connectivity index (χ1) is 12.8. The van der Waals surface area contributed by atoms with Gasteiger partial charge >= 0.3 is 12.3 Å². The number of alkyl halides is 4. The van der Waals surface area contributed by atoms with Crippen molar-refractivity contribution in [2.45, 2.75) is 30.2 Å². The second-order valence-electron chi connectivity index (χ2n) is 5.84. The highest BCUT2D eigenvalue weighted by Gasteiger charge is 2.41. The highest BCUT2D eigenvalue weighted by Crippen LogP contribution is 2.26. The average Bonchev–Trinajstić information content (AvgIpc) is 3.06. The summed E-state index contributed by atoms with van der Waals surface area (Å²) in [4.78, 5) is 11.3. The molecule has 0 saturated heterocycles. The Labute approximate surface area is 154 Å². The van der Waals surface area contributed by atoms with Gasteiger partial charge in [0.15, 0.2) is 11.8 Å². The van der Waals surface area contributed by atoms with Gasteiger partial charge in [-0.3, -0.25) is 9.19 Å². The van der Waals surface area contributed by atoms with Crippen LogP contribution in [0.25, 0.3) is 11.0 Å². The summed E-state index contributed by atoms with van der Waals surface area (Å²) in [5, 5.41) is 0.255. The zero-order valence-electron chi connectivity index (χ0n) is 14.1. The van der Waals surface area contributed by atoms with Gasteiger partial charge in [-0.25, -0.2) is 13.8 Å². The molecule has 3 aromatic rings. The van der Waals surface area contributed by atoms with Crippen molar-refractivity contribution >= 4 is 21.8 Å². The molecule has 0 amide bonds. The summed E-state index contributed by atoms with van der Waals surface area (Å²) in [7, 11) is -1.56. The largest absolute Gasteiger partial charge is 0.487 e. The number of nitrogens with one attached hydrogen (secondary N) is 1. The van der Waals surface area contributed by atoms with Crippen LogP contribution in [0.2, 0.25) is 0 Å². The number of halogens is 4. The van der Waals surface area contributed by atoms with Crippen LogP contribution < -0.4 is 4.74 Å². The third-order valence-corrected chi connectivity index (χ3v) is 4.89. The van der Waals surface area contributed by atoms with Crippen LogP contribution in [-0.2, 0) is 16.6 Å². The number of pyridine rings is 1. The summed E-state index contributed by atoms with van der Waals surface area (Å²) >= 11 is 0. The Morgan fingerprint density at radius 1 is 1.30 bits per heavy atom. The molecule has 1 unspecified atom stereocenters. The number of ether oxygens (including phenoxy) is 1. The van der Waals surface area contributed by atoms with Crippen molar-refractivity contribution in [3.05, 3.63) is 47.8 Å². The van der Waals surface area contributed by atoms with Gasteiger partial charge in [-0.15, -0.1) is 0 Å². The van der Waals surface area contributed by atoms with Crippen LogP contribution in [0, 0.1) is 6.92 Å². The standard InChI is InChI=1S/C17H15F4N3O2S/c1-10-7-22-11(6-14(10)26-9-17(20,21)15(18)19)8-27(25)16-23-12-4-2-3-5-13(12)24-16/h2-7,15H,8-9H2,1H3,(H,23,24). The van der Waals surface area contributed by atoms with E-state index in [9.17, 15) is 21.8 Å². The van der Waals surface area contributed by atoms with E-state index in [1.54, 1.807) is 25.1 Å². The van der Waals surface area contributed by atoms with E-state index in [0.717, 1.165) is 5.52 Å². The molecule has 0 aliphatic carbocycles. The molecule has 27 heavy (non-hydrogen) atoms. The van der Waals surface area contributed by atoms with E-state index in [-0.39, 0.29) is 16.7 Å². The van der Waals surface area contributed by atoms with E-state index in [2.05, 4.69) is 15.0 Å². The monoisotopic (exact) mass is 401 g/mol. The van der Waals surface area contributed by atoms with Crippen LogP contribution in [0.5, 0.6) is 5.75 Å². The molecule has 0 bridgehead atoms. The van der Waals surface area contributed by atoms with Crippen LogP contribution in [-0.4, -0.2) is 38.1 Å². The fourth-order valence-corrected chi connectivity index (χ4v) is 3.24. The summed E-state index contributed by atoms with van der Waals surface area (Å²) in [6.45, 7) is 0.0878. The van der Waals surface area contributed by atoms with Gasteiger partial charge in [-0.05, 0) is 19.1 Å². The number of para-hydroxylation sites is 2. The molecule has 5 nitrogen and oxygen atoms in total. The van der Waals surface area contributed by atoms with Gasteiger partial charge in [0.2, 0.25) is 0 Å². The molecule has 1 atom stereocenters. The SMILES string of the molecule is Cc1cnc(CS(=O)c2nc3ccccc3[nH]2)cc1OCC(F)(F)C(F)F. The van der Waals surface area contributed by atoms with E-state index in [1.807, 2.05) is 6.07 Å². The molecule has 0 fully saturated rings. The number of H-pyrrole nitrogens is 1. The summed E-state index contributed by atoms with van der Waals surface area (Å²) in [5.41, 5.74) is 2.10. The number of rotatable bonds is 7. The second-order valence-corrected chi connectivity index (χ2v) is 7.21. The van der Waals surface area contributed by atoms with Crippen LogP contribution in [0.3, 0.4) is 0 Å². The Morgan fingerprint density at radius 2 is 2.04 bits per heavy atom. The van der Waals surface area contributed by atoms with E-state index < -0.39 is 29.8 Å². The minimum atomic E-state index is -4.26. The Bertz CT molecular complexity index is 945. The Hall–Kier alpha value is -2.49. The van der Waals surface area contributed by atoms with Crippen LogP contribution >= 0.6 is 0 Å². The predicted octanol–water partition coefficient (Wildman–Crippen LogP) is 3.85. The molecular formula is C17H15F4N3O2S. The average molecular weight is 401 g/mol. The highest BCUT2D eigenvalue weighted by atomic mass is 32.2. The first-order valence-corrected chi connectivity index (χ1v) is 9.15. The molecule has 0 aliphatic rings. The molecule has 2 heterocycles. The lowest BCUT2D eigenvalue weighted by Gasteiger charge is -2.17. The van der Waals surface area contributed by atoms with Crippen molar-refractivity contribution in [1.29, 1.82) is 0 Å². The van der Waals surface area contributed by atoms with Crippen LogP contribution in [0.4, 0.5) is 17.6 Å². The minimum Gasteiger partial charge on any atom is -0.487 e. The molecule has 0 radical (unpaired) electrons. The topological polar surface area (TPSA) is 67.9 Å². The first kappa shape index (κ1) is 19.3. The van der Waals surface area contributed by atoms with Crippen molar-refractivity contribution in [2.24, 2.45) is 0 Å². The van der Waals surface area contributed by atoms with E-state index in [1.165, 1.54) is 12.3 Å². The maximum absolute atomic E-state index is 13.0. The lowest BCUT2D eigenvalue weighted by atomic mass is 10.2. The van der Waals surface area contributed by atoms with Gasteiger partial charge in [-0.2, -0.15) is 8.78 Å². The number of hydrogen-bond acceptors (Lipinski definition) is 4. The Balaban J connectivity index is 1.74. The second kappa shape index (κ2) is 7.63. The molecule has 1 N–H and O–H groups in total. The van der Waals surface area contributed by atoms with Gasteiger partial charge in [0.05, 0.1) is 33.3 Å². The molecular weight excluding hydrogens is 386 g/mol. The molecule has 0 saturated carbocycles. The van der Waals surface area contributed by atoms with Crippen molar-refractivity contribution in [1.82, 2.24) is 15.0 Å². The number of fused-ring (bicyclic) bond motifs is 1. The number of nitrogens with zero attached hydrogens (tertiary/aromatic N) is 2. The molecule has 0 aliphatic heterocycles.